The van der Waals surface area contributed by atoms with Crippen molar-refractivity contribution in [3.8, 4) is 0 Å². The Kier molecular flexibility index (Phi) is 3.22. The van der Waals surface area contributed by atoms with Crippen LogP contribution in [0.25, 0.3) is 5.78 Å². The molecule has 2 aromatic rings. The van der Waals surface area contributed by atoms with Crippen LogP contribution in [0.2, 0.25) is 5.15 Å². The van der Waals surface area contributed by atoms with Gasteiger partial charge in [-0.05, 0) is 32.4 Å². The summed E-state index contributed by atoms with van der Waals surface area (Å²) in [5.41, 5.74) is 1.92. The van der Waals surface area contributed by atoms with Crippen molar-refractivity contribution in [2.75, 3.05) is 6.54 Å². The predicted molar refractivity (Wildman–Crippen MR) is 72.1 cm³/mol. The lowest BCUT2D eigenvalue weighted by Gasteiger charge is -2.22. The van der Waals surface area contributed by atoms with Gasteiger partial charge in [0.05, 0.1) is 5.69 Å². The van der Waals surface area contributed by atoms with Crippen LogP contribution in [0.5, 0.6) is 0 Å². The molecule has 5 heteroatoms. The van der Waals surface area contributed by atoms with Crippen LogP contribution in [-0.4, -0.2) is 27.0 Å². The Morgan fingerprint density at radius 2 is 2.33 bits per heavy atom. The van der Waals surface area contributed by atoms with Gasteiger partial charge in [-0.3, -0.25) is 4.40 Å². The topological polar surface area (TPSA) is 42.2 Å². The molecule has 0 aliphatic carbocycles. The third-order valence-electron chi connectivity index (χ3n) is 3.49. The van der Waals surface area contributed by atoms with Crippen molar-refractivity contribution in [2.45, 2.75) is 38.6 Å². The maximum atomic E-state index is 6.36. The van der Waals surface area contributed by atoms with Crippen molar-refractivity contribution in [3.05, 3.63) is 28.8 Å². The van der Waals surface area contributed by atoms with Crippen LogP contribution in [0.4, 0.5) is 0 Å². The molecular weight excluding hydrogens is 248 g/mol. The fraction of sp³-hybridized carbons (Fsp3) is 0.538. The Bertz CT molecular complexity index is 557. The first-order chi connectivity index (χ1) is 8.74. The van der Waals surface area contributed by atoms with Gasteiger partial charge in [-0.25, -0.2) is 9.97 Å². The van der Waals surface area contributed by atoms with Gasteiger partial charge in [0, 0.05) is 24.4 Å². The number of rotatable bonds is 2. The summed E-state index contributed by atoms with van der Waals surface area (Å²) in [4.78, 5) is 8.94. The second-order valence-electron chi connectivity index (χ2n) is 4.94. The van der Waals surface area contributed by atoms with Gasteiger partial charge in [-0.1, -0.05) is 18.0 Å². The van der Waals surface area contributed by atoms with E-state index in [1.807, 2.05) is 23.6 Å². The zero-order valence-corrected chi connectivity index (χ0v) is 11.2. The second-order valence-corrected chi connectivity index (χ2v) is 5.30. The molecule has 1 atom stereocenters. The first kappa shape index (κ1) is 11.9. The number of fused-ring (bicyclic) bond motifs is 1. The Labute approximate surface area is 111 Å². The highest BCUT2D eigenvalue weighted by Gasteiger charge is 2.18. The molecule has 3 rings (SSSR count). The molecule has 0 bridgehead atoms. The Hall–Kier alpha value is -1.13. The van der Waals surface area contributed by atoms with E-state index in [4.69, 9.17) is 11.6 Å². The molecule has 2 aromatic heterocycles. The van der Waals surface area contributed by atoms with Crippen LogP contribution in [0.1, 0.15) is 30.7 Å². The van der Waals surface area contributed by atoms with Crippen LogP contribution < -0.4 is 5.32 Å². The SMILES string of the molecule is Cc1ccn2c(Cl)c(C[C@@H]3CCCCN3)nc2n1. The van der Waals surface area contributed by atoms with E-state index < -0.39 is 0 Å². The molecule has 1 N–H and O–H groups in total. The zero-order valence-electron chi connectivity index (χ0n) is 10.5. The normalized spacial score (nSPS) is 20.4. The van der Waals surface area contributed by atoms with Gasteiger partial charge in [-0.15, -0.1) is 0 Å². The molecule has 96 valence electrons. The molecule has 3 heterocycles. The monoisotopic (exact) mass is 264 g/mol. The van der Waals surface area contributed by atoms with E-state index in [0.717, 1.165) is 24.4 Å². The lowest BCUT2D eigenvalue weighted by molar-refractivity contribution is 0.397. The molecule has 1 fully saturated rings. The van der Waals surface area contributed by atoms with Crippen LogP contribution in [0, 0.1) is 6.92 Å². The molecule has 18 heavy (non-hydrogen) atoms. The number of aryl methyl sites for hydroxylation is 1. The summed E-state index contributed by atoms with van der Waals surface area (Å²) in [5, 5.41) is 4.22. The first-order valence-corrected chi connectivity index (χ1v) is 6.85. The van der Waals surface area contributed by atoms with E-state index in [2.05, 4.69) is 15.3 Å². The van der Waals surface area contributed by atoms with Crippen molar-refractivity contribution in [2.24, 2.45) is 0 Å². The highest BCUT2D eigenvalue weighted by Crippen LogP contribution is 2.21. The van der Waals surface area contributed by atoms with Gasteiger partial charge in [0.25, 0.3) is 0 Å². The van der Waals surface area contributed by atoms with Crippen molar-refractivity contribution >= 4 is 17.4 Å². The molecular formula is C13H17ClN4. The Balaban J connectivity index is 1.89. The summed E-state index contributed by atoms with van der Waals surface area (Å²) in [5.74, 6) is 0.700. The lowest BCUT2D eigenvalue weighted by atomic mass is 10.0. The van der Waals surface area contributed by atoms with Crippen LogP contribution >= 0.6 is 11.6 Å². The number of nitrogens with one attached hydrogen (secondary N) is 1. The molecule has 0 saturated carbocycles. The summed E-state index contributed by atoms with van der Waals surface area (Å²) >= 11 is 6.36. The third-order valence-corrected chi connectivity index (χ3v) is 3.89. The average Bonchev–Trinajstić information content (AvgIpc) is 2.67. The van der Waals surface area contributed by atoms with E-state index in [0.29, 0.717) is 17.0 Å². The second kappa shape index (κ2) is 4.86. The van der Waals surface area contributed by atoms with Gasteiger partial charge in [0.1, 0.15) is 5.15 Å². The summed E-state index contributed by atoms with van der Waals surface area (Å²) in [7, 11) is 0. The van der Waals surface area contributed by atoms with Gasteiger partial charge in [0.2, 0.25) is 5.78 Å². The van der Waals surface area contributed by atoms with E-state index in [-0.39, 0.29) is 0 Å². The standard InChI is InChI=1S/C13H17ClN4/c1-9-5-7-18-12(14)11(17-13(18)16-9)8-10-4-2-3-6-15-10/h5,7,10,15H,2-4,6,8H2,1H3/t10-/m0/s1. The van der Waals surface area contributed by atoms with Crippen LogP contribution in [-0.2, 0) is 6.42 Å². The number of halogens is 1. The molecule has 1 saturated heterocycles. The van der Waals surface area contributed by atoms with Crippen molar-refractivity contribution in [1.29, 1.82) is 0 Å². The van der Waals surface area contributed by atoms with Crippen molar-refractivity contribution in [3.63, 3.8) is 0 Å². The van der Waals surface area contributed by atoms with Gasteiger partial charge < -0.3 is 5.32 Å². The molecule has 0 spiro atoms. The van der Waals surface area contributed by atoms with E-state index in [1.165, 1.54) is 19.3 Å². The summed E-state index contributed by atoms with van der Waals surface area (Å²) in [6.07, 6.45) is 6.60. The number of piperidine rings is 1. The predicted octanol–water partition coefficient (Wildman–Crippen LogP) is 2.38. The van der Waals surface area contributed by atoms with E-state index in [1.54, 1.807) is 0 Å². The maximum absolute atomic E-state index is 6.36. The zero-order chi connectivity index (χ0) is 12.5. The Morgan fingerprint density at radius 3 is 3.11 bits per heavy atom. The van der Waals surface area contributed by atoms with E-state index >= 15 is 0 Å². The minimum Gasteiger partial charge on any atom is -0.314 e. The number of imidazole rings is 1. The molecule has 4 nitrogen and oxygen atoms in total. The first-order valence-electron chi connectivity index (χ1n) is 6.47. The maximum Gasteiger partial charge on any atom is 0.235 e. The summed E-state index contributed by atoms with van der Waals surface area (Å²) in [6.45, 7) is 3.07. The smallest absolute Gasteiger partial charge is 0.235 e. The van der Waals surface area contributed by atoms with Gasteiger partial charge >= 0.3 is 0 Å². The number of hydrogen-bond acceptors (Lipinski definition) is 3. The largest absolute Gasteiger partial charge is 0.314 e. The highest BCUT2D eigenvalue weighted by atomic mass is 35.5. The summed E-state index contributed by atoms with van der Waals surface area (Å²) in [6, 6.07) is 2.45. The van der Waals surface area contributed by atoms with Crippen LogP contribution in [0.15, 0.2) is 12.3 Å². The number of aromatic nitrogens is 3. The van der Waals surface area contributed by atoms with Gasteiger partial charge in [0.15, 0.2) is 0 Å². The third kappa shape index (κ3) is 2.22. The summed E-state index contributed by atoms with van der Waals surface area (Å²) < 4.78 is 1.85. The number of hydrogen-bond donors (Lipinski definition) is 1. The van der Waals surface area contributed by atoms with E-state index in [9.17, 15) is 0 Å². The molecule has 1 aliphatic rings. The number of nitrogens with zero attached hydrogens (tertiary/aromatic N) is 3. The fourth-order valence-electron chi connectivity index (χ4n) is 2.50. The molecule has 0 radical (unpaired) electrons. The minimum atomic E-state index is 0.502. The van der Waals surface area contributed by atoms with Gasteiger partial charge in [-0.2, -0.15) is 0 Å². The van der Waals surface area contributed by atoms with Crippen molar-refractivity contribution in [1.82, 2.24) is 19.7 Å². The fourth-order valence-corrected chi connectivity index (χ4v) is 2.75. The molecule has 0 amide bonds. The quantitative estimate of drug-likeness (QED) is 0.906. The van der Waals surface area contributed by atoms with Crippen LogP contribution in [0.3, 0.4) is 0 Å². The van der Waals surface area contributed by atoms with Crippen molar-refractivity contribution < 1.29 is 0 Å². The molecule has 1 aliphatic heterocycles. The minimum absolute atomic E-state index is 0.502. The molecule has 0 aromatic carbocycles. The average molecular weight is 265 g/mol. The molecule has 0 unspecified atom stereocenters. The Morgan fingerprint density at radius 1 is 1.44 bits per heavy atom. The highest BCUT2D eigenvalue weighted by molar-refractivity contribution is 6.30. The lowest BCUT2D eigenvalue weighted by Crippen LogP contribution is -2.35.